The van der Waals surface area contributed by atoms with Gasteiger partial charge < -0.3 is 9.88 Å². The van der Waals surface area contributed by atoms with Crippen LogP contribution < -0.4 is 10.0 Å². The highest BCUT2D eigenvalue weighted by atomic mass is 32.2. The van der Waals surface area contributed by atoms with Crippen molar-refractivity contribution in [2.24, 2.45) is 7.05 Å². The molecule has 19 heavy (non-hydrogen) atoms. The largest absolute Gasteiger partial charge is 0.378 e. The molecule has 7 heteroatoms. The Labute approximate surface area is 112 Å². The van der Waals surface area contributed by atoms with Crippen LogP contribution >= 0.6 is 0 Å². The van der Waals surface area contributed by atoms with Crippen molar-refractivity contribution in [1.29, 1.82) is 0 Å². The van der Waals surface area contributed by atoms with E-state index in [1.165, 1.54) is 7.05 Å². The number of nitrogens with zero attached hydrogens (tertiary/aromatic N) is 2. The van der Waals surface area contributed by atoms with E-state index in [2.05, 4.69) is 15.0 Å². The summed E-state index contributed by atoms with van der Waals surface area (Å²) in [5, 5.41) is 3.15. The second kappa shape index (κ2) is 5.41. The van der Waals surface area contributed by atoms with Gasteiger partial charge in [-0.3, -0.25) is 0 Å². The van der Waals surface area contributed by atoms with Crippen molar-refractivity contribution in [2.45, 2.75) is 11.4 Å². The monoisotopic (exact) mass is 280 g/mol. The van der Waals surface area contributed by atoms with Crippen molar-refractivity contribution in [3.8, 4) is 0 Å². The molecule has 0 saturated heterocycles. The van der Waals surface area contributed by atoms with Gasteiger partial charge in [-0.05, 0) is 25.2 Å². The molecule has 0 bridgehead atoms. The molecule has 1 aromatic carbocycles. The van der Waals surface area contributed by atoms with Crippen LogP contribution in [0.25, 0.3) is 0 Å². The lowest BCUT2D eigenvalue weighted by Crippen LogP contribution is -2.18. The fourth-order valence-corrected chi connectivity index (χ4v) is 2.41. The number of rotatable bonds is 5. The second-order valence-corrected chi connectivity index (χ2v) is 5.93. The van der Waals surface area contributed by atoms with Crippen LogP contribution in [-0.2, 0) is 23.6 Å². The Morgan fingerprint density at radius 3 is 2.79 bits per heavy atom. The third-order valence-corrected chi connectivity index (χ3v) is 4.20. The van der Waals surface area contributed by atoms with Crippen LogP contribution in [0.5, 0.6) is 0 Å². The molecule has 102 valence electrons. The first-order valence-electron chi connectivity index (χ1n) is 5.76. The molecule has 6 nitrogen and oxygen atoms in total. The summed E-state index contributed by atoms with van der Waals surface area (Å²) in [6, 6.07) is 6.66. The summed E-state index contributed by atoms with van der Waals surface area (Å²) >= 11 is 0. The van der Waals surface area contributed by atoms with Crippen molar-refractivity contribution in [2.75, 3.05) is 12.4 Å². The van der Waals surface area contributed by atoms with Gasteiger partial charge in [0.1, 0.15) is 5.82 Å². The van der Waals surface area contributed by atoms with Crippen LogP contribution in [-0.4, -0.2) is 25.0 Å². The average molecular weight is 280 g/mol. The summed E-state index contributed by atoms with van der Waals surface area (Å²) in [5.41, 5.74) is 0.735. The number of nitrogens with one attached hydrogen (secondary N) is 2. The quantitative estimate of drug-likeness (QED) is 0.854. The Balaban J connectivity index is 2.14. The molecule has 1 heterocycles. The molecule has 2 aromatic rings. The van der Waals surface area contributed by atoms with E-state index in [1.54, 1.807) is 24.4 Å². The number of hydrogen-bond donors (Lipinski definition) is 2. The smallest absolute Gasteiger partial charge is 0.240 e. The van der Waals surface area contributed by atoms with Crippen molar-refractivity contribution in [1.82, 2.24) is 14.3 Å². The Kier molecular flexibility index (Phi) is 3.87. The lowest BCUT2D eigenvalue weighted by Gasteiger charge is -2.08. The van der Waals surface area contributed by atoms with Crippen LogP contribution in [0.3, 0.4) is 0 Å². The first-order chi connectivity index (χ1) is 9.03. The van der Waals surface area contributed by atoms with E-state index < -0.39 is 10.0 Å². The summed E-state index contributed by atoms with van der Waals surface area (Å²) in [6.45, 7) is 0.534. The predicted molar refractivity (Wildman–Crippen MR) is 73.2 cm³/mol. The van der Waals surface area contributed by atoms with Gasteiger partial charge in [0.05, 0.1) is 11.4 Å². The fourth-order valence-electron chi connectivity index (χ4n) is 1.64. The van der Waals surface area contributed by atoms with Gasteiger partial charge in [0.25, 0.3) is 0 Å². The first kappa shape index (κ1) is 13.6. The van der Waals surface area contributed by atoms with Gasteiger partial charge in [-0.15, -0.1) is 0 Å². The van der Waals surface area contributed by atoms with Gasteiger partial charge in [-0.1, -0.05) is 6.07 Å². The maximum Gasteiger partial charge on any atom is 0.240 e. The first-order valence-corrected chi connectivity index (χ1v) is 7.25. The zero-order valence-corrected chi connectivity index (χ0v) is 11.6. The average Bonchev–Trinajstić information content (AvgIpc) is 2.82. The Hall–Kier alpha value is -1.86. The standard InChI is InChI=1S/C12H16N4O2S/c1-13-19(17,18)11-5-3-4-10(8-11)15-9-12-14-6-7-16(12)2/h3-8,13,15H,9H2,1-2H3. The lowest BCUT2D eigenvalue weighted by atomic mass is 10.3. The number of aromatic nitrogens is 2. The van der Waals surface area contributed by atoms with Crippen molar-refractivity contribution in [3.05, 3.63) is 42.5 Å². The van der Waals surface area contributed by atoms with Crippen LogP contribution in [0.2, 0.25) is 0 Å². The van der Waals surface area contributed by atoms with E-state index in [-0.39, 0.29) is 4.90 Å². The summed E-state index contributed by atoms with van der Waals surface area (Å²) < 4.78 is 27.6. The Morgan fingerprint density at radius 2 is 2.16 bits per heavy atom. The van der Waals surface area contributed by atoms with E-state index >= 15 is 0 Å². The maximum atomic E-state index is 11.7. The highest BCUT2D eigenvalue weighted by Gasteiger charge is 2.11. The topological polar surface area (TPSA) is 76.0 Å². The Morgan fingerprint density at radius 1 is 1.37 bits per heavy atom. The van der Waals surface area contributed by atoms with Crippen molar-refractivity contribution in [3.63, 3.8) is 0 Å². The summed E-state index contributed by atoms with van der Waals surface area (Å²) in [5.74, 6) is 0.877. The van der Waals surface area contributed by atoms with Crippen molar-refractivity contribution >= 4 is 15.7 Å². The van der Waals surface area contributed by atoms with Gasteiger partial charge in [-0.2, -0.15) is 0 Å². The van der Waals surface area contributed by atoms with E-state index in [1.807, 2.05) is 23.9 Å². The van der Waals surface area contributed by atoms with Crippen LogP contribution in [0.4, 0.5) is 5.69 Å². The summed E-state index contributed by atoms with van der Waals surface area (Å²) in [4.78, 5) is 4.42. The molecule has 0 atom stereocenters. The number of aryl methyl sites for hydroxylation is 1. The molecule has 0 aliphatic carbocycles. The molecular weight excluding hydrogens is 264 g/mol. The molecular formula is C12H16N4O2S. The maximum absolute atomic E-state index is 11.7. The minimum absolute atomic E-state index is 0.236. The SMILES string of the molecule is CNS(=O)(=O)c1cccc(NCc2nccn2C)c1. The molecule has 2 N–H and O–H groups in total. The molecule has 0 radical (unpaired) electrons. The van der Waals surface area contributed by atoms with E-state index in [4.69, 9.17) is 0 Å². The summed E-state index contributed by atoms with van der Waals surface area (Å²) in [6.07, 6.45) is 3.58. The zero-order valence-electron chi connectivity index (χ0n) is 10.8. The number of sulfonamides is 1. The summed E-state index contributed by atoms with van der Waals surface area (Å²) in [7, 11) is -0.111. The van der Waals surface area contributed by atoms with Crippen LogP contribution in [0.1, 0.15) is 5.82 Å². The van der Waals surface area contributed by atoms with E-state index in [0.717, 1.165) is 11.5 Å². The number of imidazole rings is 1. The van der Waals surface area contributed by atoms with Crippen molar-refractivity contribution < 1.29 is 8.42 Å². The van der Waals surface area contributed by atoms with Crippen LogP contribution in [0, 0.1) is 0 Å². The minimum atomic E-state index is -3.41. The Bertz CT molecular complexity index is 664. The zero-order chi connectivity index (χ0) is 13.9. The third-order valence-electron chi connectivity index (χ3n) is 2.78. The van der Waals surface area contributed by atoms with E-state index in [9.17, 15) is 8.42 Å². The predicted octanol–water partition coefficient (Wildman–Crippen LogP) is 0.940. The highest BCUT2D eigenvalue weighted by molar-refractivity contribution is 7.89. The fraction of sp³-hybridized carbons (Fsp3) is 0.250. The number of hydrogen-bond acceptors (Lipinski definition) is 4. The molecule has 0 amide bonds. The molecule has 0 aliphatic rings. The number of anilines is 1. The highest BCUT2D eigenvalue weighted by Crippen LogP contribution is 2.15. The van der Waals surface area contributed by atoms with Crippen LogP contribution in [0.15, 0.2) is 41.6 Å². The molecule has 0 unspecified atom stereocenters. The van der Waals surface area contributed by atoms with E-state index in [0.29, 0.717) is 6.54 Å². The van der Waals surface area contributed by atoms with Gasteiger partial charge in [-0.25, -0.2) is 18.1 Å². The molecule has 0 fully saturated rings. The molecule has 2 rings (SSSR count). The molecule has 0 aliphatic heterocycles. The molecule has 0 saturated carbocycles. The van der Waals surface area contributed by atoms with Gasteiger partial charge in [0, 0.05) is 25.1 Å². The second-order valence-electron chi connectivity index (χ2n) is 4.04. The van der Waals surface area contributed by atoms with Gasteiger partial charge >= 0.3 is 0 Å². The third kappa shape index (κ3) is 3.12. The van der Waals surface area contributed by atoms with Gasteiger partial charge in [0.2, 0.25) is 10.0 Å². The van der Waals surface area contributed by atoms with Gasteiger partial charge in [0.15, 0.2) is 0 Å². The lowest BCUT2D eigenvalue weighted by molar-refractivity contribution is 0.588. The molecule has 1 aromatic heterocycles. The minimum Gasteiger partial charge on any atom is -0.378 e. The molecule has 0 spiro atoms. The number of benzene rings is 1. The normalized spacial score (nSPS) is 11.5.